The highest BCUT2D eigenvalue weighted by Crippen LogP contribution is 2.50. The number of hydrogen-bond acceptors (Lipinski definition) is 3. The van der Waals surface area contributed by atoms with Crippen LogP contribution in [0.4, 0.5) is 17.1 Å². The van der Waals surface area contributed by atoms with Crippen LogP contribution in [-0.4, -0.2) is 0 Å². The summed E-state index contributed by atoms with van der Waals surface area (Å²) in [6, 6.07) is 81.0. The summed E-state index contributed by atoms with van der Waals surface area (Å²) >= 11 is 1.86. The zero-order chi connectivity index (χ0) is 40.3. The molecule has 0 N–H and O–H groups in total. The molecule has 0 atom stereocenters. The smallest absolute Gasteiger partial charge is 0.159 e. The third-order valence-corrected chi connectivity index (χ3v) is 13.3. The van der Waals surface area contributed by atoms with Crippen LogP contribution in [0.5, 0.6) is 0 Å². The summed E-state index contributed by atoms with van der Waals surface area (Å²) < 4.78 is 9.51. The van der Waals surface area contributed by atoms with Crippen molar-refractivity contribution in [3.8, 4) is 44.5 Å². The second kappa shape index (κ2) is 14.5. The molecule has 3 heteroatoms. The maximum atomic E-state index is 6.98. The van der Waals surface area contributed by atoms with Crippen LogP contribution in [0, 0.1) is 0 Å². The van der Waals surface area contributed by atoms with Crippen LogP contribution in [0.25, 0.3) is 97.4 Å². The fraction of sp³-hybridized carbons (Fsp3) is 0. The van der Waals surface area contributed by atoms with Gasteiger partial charge in [-0.1, -0.05) is 170 Å². The molecule has 12 aromatic rings. The van der Waals surface area contributed by atoms with Crippen molar-refractivity contribution in [3.05, 3.63) is 224 Å². The molecule has 2 aromatic heterocycles. The second-order valence-corrected chi connectivity index (χ2v) is 16.7. The Kier molecular flexibility index (Phi) is 8.39. The maximum Gasteiger partial charge on any atom is 0.159 e. The molecular weight excluding hydrogens is 759 g/mol. The molecule has 0 fully saturated rings. The predicted molar refractivity (Wildman–Crippen MR) is 261 cm³/mol. The van der Waals surface area contributed by atoms with Gasteiger partial charge in [-0.05, 0) is 110 Å². The summed E-state index contributed by atoms with van der Waals surface area (Å²) in [4.78, 5) is 2.41. The number of furan rings is 1. The molecule has 10 aromatic carbocycles. The van der Waals surface area contributed by atoms with E-state index in [1.165, 1.54) is 64.3 Å². The lowest BCUT2D eigenvalue weighted by atomic mass is 9.97. The van der Waals surface area contributed by atoms with Gasteiger partial charge in [-0.2, -0.15) is 0 Å². The molecule has 0 amide bonds. The SMILES string of the molecule is c1ccc(-c2ccc3c(c2)oc2c(N(c4ccc(-c5cccc(-c6ccc7ccccc7c6)c5)cc4)c4ccc(-c5ccccc5)c5sc6ccccc6c45)cccc23)cc1. The molecule has 286 valence electrons. The van der Waals surface area contributed by atoms with E-state index in [1.54, 1.807) is 0 Å². The molecule has 2 nitrogen and oxygen atoms in total. The Labute approximate surface area is 357 Å². The summed E-state index contributed by atoms with van der Waals surface area (Å²) in [5, 5.41) is 7.16. The van der Waals surface area contributed by atoms with E-state index in [9.17, 15) is 0 Å². The summed E-state index contributed by atoms with van der Waals surface area (Å²) in [6.45, 7) is 0. The van der Waals surface area contributed by atoms with Gasteiger partial charge in [0.1, 0.15) is 5.58 Å². The Hall–Kier alpha value is -7.72. The van der Waals surface area contributed by atoms with Gasteiger partial charge in [-0.25, -0.2) is 0 Å². The predicted octanol–water partition coefficient (Wildman–Crippen LogP) is 17.2. The van der Waals surface area contributed by atoms with E-state index in [0.717, 1.165) is 50.1 Å². The zero-order valence-electron chi connectivity index (χ0n) is 33.1. The van der Waals surface area contributed by atoms with Gasteiger partial charge in [0.05, 0.1) is 11.4 Å². The van der Waals surface area contributed by atoms with Crippen LogP contribution in [0.2, 0.25) is 0 Å². The van der Waals surface area contributed by atoms with Gasteiger partial charge in [-0.3, -0.25) is 0 Å². The second-order valence-electron chi connectivity index (χ2n) is 15.7. The minimum absolute atomic E-state index is 0.856. The number of thiophene rings is 1. The monoisotopic (exact) mass is 795 g/mol. The Morgan fingerprint density at radius 3 is 1.80 bits per heavy atom. The number of para-hydroxylation sites is 1. The van der Waals surface area contributed by atoms with E-state index < -0.39 is 0 Å². The number of nitrogens with zero attached hydrogens (tertiary/aromatic N) is 1. The van der Waals surface area contributed by atoms with Crippen molar-refractivity contribution in [2.24, 2.45) is 0 Å². The molecule has 0 aliphatic heterocycles. The van der Waals surface area contributed by atoms with E-state index in [2.05, 4.69) is 229 Å². The Balaban J connectivity index is 1.05. The molecule has 0 spiro atoms. The number of benzene rings is 10. The van der Waals surface area contributed by atoms with E-state index in [0.29, 0.717) is 0 Å². The van der Waals surface area contributed by atoms with E-state index in [4.69, 9.17) is 4.42 Å². The van der Waals surface area contributed by atoms with Gasteiger partial charge < -0.3 is 9.32 Å². The van der Waals surface area contributed by atoms with Crippen molar-refractivity contribution in [1.82, 2.24) is 0 Å². The summed E-state index contributed by atoms with van der Waals surface area (Å²) in [5.74, 6) is 0. The highest BCUT2D eigenvalue weighted by atomic mass is 32.1. The Morgan fingerprint density at radius 1 is 0.361 bits per heavy atom. The largest absolute Gasteiger partial charge is 0.454 e. The normalized spacial score (nSPS) is 11.6. The molecule has 0 saturated carbocycles. The molecule has 0 aliphatic rings. The molecule has 2 heterocycles. The van der Waals surface area contributed by atoms with E-state index >= 15 is 0 Å². The third-order valence-electron chi connectivity index (χ3n) is 12.1. The zero-order valence-corrected chi connectivity index (χ0v) is 33.9. The van der Waals surface area contributed by atoms with Crippen LogP contribution in [0.3, 0.4) is 0 Å². The first-order valence-electron chi connectivity index (χ1n) is 20.7. The minimum atomic E-state index is 0.856. The molecule has 0 unspecified atom stereocenters. The van der Waals surface area contributed by atoms with Gasteiger partial charge in [0.2, 0.25) is 0 Å². The first kappa shape index (κ1) is 35.2. The van der Waals surface area contributed by atoms with Gasteiger partial charge in [0.15, 0.2) is 5.58 Å². The highest BCUT2D eigenvalue weighted by molar-refractivity contribution is 7.26. The molecule has 0 bridgehead atoms. The molecule has 61 heavy (non-hydrogen) atoms. The van der Waals surface area contributed by atoms with Crippen LogP contribution in [-0.2, 0) is 0 Å². The quantitative estimate of drug-likeness (QED) is 0.160. The maximum absolute atomic E-state index is 6.98. The van der Waals surface area contributed by atoms with Gasteiger partial charge in [0.25, 0.3) is 0 Å². The van der Waals surface area contributed by atoms with Gasteiger partial charge in [0, 0.05) is 36.6 Å². The summed E-state index contributed by atoms with van der Waals surface area (Å²) in [6.07, 6.45) is 0. The molecular formula is C58H37NOS. The summed E-state index contributed by atoms with van der Waals surface area (Å²) in [5.41, 5.74) is 14.4. The number of fused-ring (bicyclic) bond motifs is 7. The number of rotatable bonds is 7. The minimum Gasteiger partial charge on any atom is -0.454 e. The van der Waals surface area contributed by atoms with Crippen LogP contribution in [0.15, 0.2) is 229 Å². The summed E-state index contributed by atoms with van der Waals surface area (Å²) in [7, 11) is 0. The molecule has 0 aliphatic carbocycles. The fourth-order valence-electron chi connectivity index (χ4n) is 9.07. The number of anilines is 3. The Morgan fingerprint density at radius 2 is 0.967 bits per heavy atom. The third kappa shape index (κ3) is 6.09. The molecule has 0 radical (unpaired) electrons. The molecule has 12 rings (SSSR count). The van der Waals surface area contributed by atoms with Crippen molar-refractivity contribution in [2.75, 3.05) is 4.90 Å². The fourth-order valence-corrected chi connectivity index (χ4v) is 10.3. The first-order chi connectivity index (χ1) is 30.2. The lowest BCUT2D eigenvalue weighted by Crippen LogP contribution is -2.10. The van der Waals surface area contributed by atoms with Crippen molar-refractivity contribution in [2.45, 2.75) is 0 Å². The van der Waals surface area contributed by atoms with Crippen LogP contribution in [0.1, 0.15) is 0 Å². The lowest BCUT2D eigenvalue weighted by Gasteiger charge is -2.27. The van der Waals surface area contributed by atoms with Crippen LogP contribution >= 0.6 is 11.3 Å². The van der Waals surface area contributed by atoms with Gasteiger partial charge >= 0.3 is 0 Å². The average molecular weight is 796 g/mol. The average Bonchev–Trinajstić information content (AvgIpc) is 3.92. The van der Waals surface area contributed by atoms with Crippen molar-refractivity contribution in [1.29, 1.82) is 0 Å². The number of hydrogen-bond donors (Lipinski definition) is 0. The van der Waals surface area contributed by atoms with Crippen molar-refractivity contribution >= 4 is 81.3 Å². The highest BCUT2D eigenvalue weighted by Gasteiger charge is 2.24. The van der Waals surface area contributed by atoms with Gasteiger partial charge in [-0.15, -0.1) is 11.3 Å². The standard InChI is InChI=1S/C58H37NOS/c1-3-13-38(14-4-1)46-29-32-49-50-22-12-23-53(57(50)60-54(49)37-46)59(52-34-33-48(41-16-5-2-6-17-41)58-56(52)51-21-9-10-24-55(51)61-58)47-30-27-40(28-31-47)43-19-11-20-44(35-43)45-26-25-39-15-7-8-18-42(39)36-45/h1-37H. The first-order valence-corrected chi connectivity index (χ1v) is 21.6. The van der Waals surface area contributed by atoms with E-state index in [-0.39, 0.29) is 0 Å². The van der Waals surface area contributed by atoms with Crippen molar-refractivity contribution in [3.63, 3.8) is 0 Å². The molecule has 0 saturated heterocycles. The van der Waals surface area contributed by atoms with Crippen LogP contribution < -0.4 is 4.90 Å². The van der Waals surface area contributed by atoms with Crippen molar-refractivity contribution < 1.29 is 4.42 Å². The topological polar surface area (TPSA) is 16.4 Å². The lowest BCUT2D eigenvalue weighted by molar-refractivity contribution is 0.669. The Bertz CT molecular complexity index is 3580. The van der Waals surface area contributed by atoms with E-state index in [1.807, 2.05) is 11.3 Å².